The number of hydrogen-bond donors (Lipinski definition) is 1. The Bertz CT molecular complexity index is 791. The first-order valence-corrected chi connectivity index (χ1v) is 13.2. The van der Waals surface area contributed by atoms with Gasteiger partial charge >= 0.3 is 5.97 Å². The summed E-state index contributed by atoms with van der Waals surface area (Å²) in [4.78, 5) is 43.5. The SMILES string of the molecule is C=CCCCCOC(=O)[C@H]1[C@@H]2OC3(CC2Br)C(C(=O)N(CC=C)CCCC)N(CCO)C(=O)[C@H]13. The summed E-state index contributed by atoms with van der Waals surface area (Å²) in [5.41, 5.74) is -1.12. The maximum atomic E-state index is 13.8. The Kier molecular flexibility index (Phi) is 9.34. The van der Waals surface area contributed by atoms with Crippen molar-refractivity contribution >= 4 is 33.7 Å². The number of alkyl halides is 1. The number of likely N-dealkylation sites (tertiary alicyclic amines) is 1. The van der Waals surface area contributed by atoms with Crippen LogP contribution in [0.2, 0.25) is 0 Å². The van der Waals surface area contributed by atoms with Gasteiger partial charge in [-0.2, -0.15) is 0 Å². The first-order chi connectivity index (χ1) is 16.4. The summed E-state index contributed by atoms with van der Waals surface area (Å²) in [7, 11) is 0. The van der Waals surface area contributed by atoms with Gasteiger partial charge in [0, 0.05) is 24.5 Å². The van der Waals surface area contributed by atoms with Crippen molar-refractivity contribution in [3.05, 3.63) is 25.3 Å². The summed E-state index contributed by atoms with van der Waals surface area (Å²) in [5, 5.41) is 9.69. The number of nitrogens with zero attached hydrogens (tertiary/aromatic N) is 2. The summed E-state index contributed by atoms with van der Waals surface area (Å²) in [6, 6.07) is -0.899. The number of β-amino-alcohol motifs (C(OH)–C–C–N with tert-alkyl or cyclic N) is 1. The van der Waals surface area contributed by atoms with Gasteiger partial charge in [0.25, 0.3) is 0 Å². The molecule has 3 aliphatic heterocycles. The van der Waals surface area contributed by atoms with Crippen LogP contribution in [0.3, 0.4) is 0 Å². The van der Waals surface area contributed by atoms with Crippen LogP contribution in [0.4, 0.5) is 0 Å². The molecular formula is C25H37BrN2O6. The van der Waals surface area contributed by atoms with E-state index in [1.165, 1.54) is 4.90 Å². The summed E-state index contributed by atoms with van der Waals surface area (Å²) >= 11 is 3.64. The standard InChI is InChI=1S/C25H37BrN2O6/c1-4-7-9-10-15-33-24(32)18-19-22(30)28(13-14-29)21(25(19)16-17(26)20(18)34-25)23(31)27(11-6-3)12-8-5-2/h4,6,17-21,29H,1,3,5,7-16H2,2H3/t17?,18-,19+,20-,21?,25?/m1/s1. The van der Waals surface area contributed by atoms with Crippen molar-refractivity contribution < 1.29 is 29.0 Å². The monoisotopic (exact) mass is 540 g/mol. The number of hydrogen-bond acceptors (Lipinski definition) is 6. The summed E-state index contributed by atoms with van der Waals surface area (Å²) in [6.07, 6.45) is 7.56. The van der Waals surface area contributed by atoms with E-state index < -0.39 is 35.6 Å². The smallest absolute Gasteiger partial charge is 0.312 e. The Balaban J connectivity index is 1.89. The van der Waals surface area contributed by atoms with Gasteiger partial charge in [0.15, 0.2) is 0 Å². The highest BCUT2D eigenvalue weighted by atomic mass is 79.9. The van der Waals surface area contributed by atoms with Crippen LogP contribution in [0.5, 0.6) is 0 Å². The van der Waals surface area contributed by atoms with Crippen molar-refractivity contribution in [3.63, 3.8) is 0 Å². The predicted molar refractivity (Wildman–Crippen MR) is 131 cm³/mol. The normalized spacial score (nSPS) is 31.4. The van der Waals surface area contributed by atoms with E-state index in [1.807, 2.05) is 13.0 Å². The summed E-state index contributed by atoms with van der Waals surface area (Å²) < 4.78 is 12.0. The third-order valence-electron chi connectivity index (χ3n) is 7.13. The Morgan fingerprint density at radius 1 is 1.32 bits per heavy atom. The van der Waals surface area contributed by atoms with E-state index in [0.29, 0.717) is 25.9 Å². The third-order valence-corrected chi connectivity index (χ3v) is 7.97. The average Bonchev–Trinajstić information content (AvgIpc) is 3.40. The van der Waals surface area contributed by atoms with E-state index in [0.717, 1.165) is 25.7 Å². The number of ether oxygens (including phenoxy) is 2. The first kappa shape index (κ1) is 26.9. The zero-order valence-corrected chi connectivity index (χ0v) is 21.6. The second-order valence-electron chi connectivity index (χ2n) is 9.30. The zero-order chi connectivity index (χ0) is 24.9. The van der Waals surface area contributed by atoms with Gasteiger partial charge in [-0.3, -0.25) is 14.4 Å². The molecule has 1 N–H and O–H groups in total. The molecule has 9 heteroatoms. The van der Waals surface area contributed by atoms with Crippen molar-refractivity contribution in [1.29, 1.82) is 0 Å². The molecule has 1 spiro atoms. The van der Waals surface area contributed by atoms with Gasteiger partial charge in [-0.25, -0.2) is 0 Å². The molecule has 0 aliphatic carbocycles. The van der Waals surface area contributed by atoms with E-state index in [2.05, 4.69) is 29.1 Å². The maximum Gasteiger partial charge on any atom is 0.312 e. The van der Waals surface area contributed by atoms with Gasteiger partial charge in [0.05, 0.1) is 31.2 Å². The molecule has 3 heterocycles. The number of aliphatic hydroxyl groups excluding tert-OH is 1. The van der Waals surface area contributed by atoms with Crippen LogP contribution in [0.1, 0.15) is 45.4 Å². The Labute approximate surface area is 210 Å². The molecular weight excluding hydrogens is 504 g/mol. The van der Waals surface area contributed by atoms with Gasteiger partial charge in [-0.1, -0.05) is 41.4 Å². The molecule has 0 aromatic carbocycles. The van der Waals surface area contributed by atoms with Gasteiger partial charge in [-0.05, 0) is 32.1 Å². The lowest BCUT2D eigenvalue weighted by molar-refractivity contribution is -0.155. The number of carbonyl (C=O) groups is 3. The second kappa shape index (κ2) is 11.8. The number of rotatable bonds is 14. The minimum atomic E-state index is -1.12. The fourth-order valence-corrected chi connectivity index (χ4v) is 6.60. The van der Waals surface area contributed by atoms with Crippen LogP contribution in [0.25, 0.3) is 0 Å². The fourth-order valence-electron chi connectivity index (χ4n) is 5.66. The van der Waals surface area contributed by atoms with Crippen LogP contribution in [-0.4, -0.2) is 88.1 Å². The van der Waals surface area contributed by atoms with Crippen LogP contribution in [0.15, 0.2) is 25.3 Å². The molecule has 0 aromatic rings. The Morgan fingerprint density at radius 2 is 2.09 bits per heavy atom. The van der Waals surface area contributed by atoms with E-state index >= 15 is 0 Å². The number of halogens is 1. The first-order valence-electron chi connectivity index (χ1n) is 12.3. The molecule has 3 saturated heterocycles. The van der Waals surface area contributed by atoms with E-state index in [9.17, 15) is 19.5 Å². The molecule has 0 aromatic heterocycles. The minimum absolute atomic E-state index is 0.00744. The highest BCUT2D eigenvalue weighted by Gasteiger charge is 2.77. The van der Waals surface area contributed by atoms with Crippen molar-refractivity contribution in [2.45, 2.75) is 68.0 Å². The highest BCUT2D eigenvalue weighted by Crippen LogP contribution is 2.60. The number of carbonyl (C=O) groups excluding carboxylic acids is 3. The van der Waals surface area contributed by atoms with Crippen LogP contribution in [0, 0.1) is 11.8 Å². The number of esters is 1. The lowest BCUT2D eigenvalue weighted by Crippen LogP contribution is -2.57. The molecule has 190 valence electrons. The number of allylic oxidation sites excluding steroid dienone is 1. The molecule has 8 nitrogen and oxygen atoms in total. The number of unbranched alkanes of at least 4 members (excludes halogenated alkanes) is 3. The minimum Gasteiger partial charge on any atom is -0.465 e. The highest BCUT2D eigenvalue weighted by molar-refractivity contribution is 9.09. The number of fused-ring (bicyclic) bond motifs is 1. The van der Waals surface area contributed by atoms with Gasteiger partial charge in [0.2, 0.25) is 11.8 Å². The van der Waals surface area contributed by atoms with E-state index in [4.69, 9.17) is 9.47 Å². The fraction of sp³-hybridized carbons (Fsp3) is 0.720. The quantitative estimate of drug-likeness (QED) is 0.157. The Hall–Kier alpha value is -1.71. The summed E-state index contributed by atoms with van der Waals surface area (Å²) in [5.74, 6) is -2.59. The molecule has 3 unspecified atom stereocenters. The maximum absolute atomic E-state index is 13.8. The third kappa shape index (κ3) is 4.84. The number of amides is 2. The second-order valence-corrected chi connectivity index (χ2v) is 10.5. The molecule has 3 rings (SSSR count). The average molecular weight is 541 g/mol. The molecule has 0 saturated carbocycles. The topological polar surface area (TPSA) is 96.4 Å². The van der Waals surface area contributed by atoms with E-state index in [-0.39, 0.29) is 36.4 Å². The van der Waals surface area contributed by atoms with Crippen molar-refractivity contribution in [1.82, 2.24) is 9.80 Å². The van der Waals surface area contributed by atoms with Crippen molar-refractivity contribution in [2.24, 2.45) is 11.8 Å². The van der Waals surface area contributed by atoms with Crippen molar-refractivity contribution in [3.8, 4) is 0 Å². The molecule has 6 atom stereocenters. The molecule has 34 heavy (non-hydrogen) atoms. The lowest BCUT2D eigenvalue weighted by Gasteiger charge is -2.37. The van der Waals surface area contributed by atoms with Crippen molar-refractivity contribution in [2.75, 3.05) is 32.8 Å². The molecule has 3 aliphatic rings. The summed E-state index contributed by atoms with van der Waals surface area (Å²) in [6.45, 7) is 10.4. The van der Waals surface area contributed by atoms with E-state index in [1.54, 1.807) is 11.0 Å². The molecule has 3 fully saturated rings. The van der Waals surface area contributed by atoms with Crippen LogP contribution < -0.4 is 0 Å². The molecule has 0 radical (unpaired) electrons. The largest absolute Gasteiger partial charge is 0.465 e. The molecule has 2 bridgehead atoms. The van der Waals surface area contributed by atoms with Gasteiger partial charge in [-0.15, -0.1) is 13.2 Å². The zero-order valence-electron chi connectivity index (χ0n) is 20.0. The Morgan fingerprint density at radius 3 is 2.74 bits per heavy atom. The predicted octanol–water partition coefficient (Wildman–Crippen LogP) is 2.44. The van der Waals surface area contributed by atoms with Crippen LogP contribution in [-0.2, 0) is 23.9 Å². The lowest BCUT2D eigenvalue weighted by atomic mass is 9.70. The van der Waals surface area contributed by atoms with Crippen LogP contribution >= 0.6 is 15.9 Å². The molecule has 2 amide bonds. The van der Waals surface area contributed by atoms with Gasteiger partial charge < -0.3 is 24.4 Å². The van der Waals surface area contributed by atoms with Gasteiger partial charge in [0.1, 0.15) is 11.6 Å². The number of aliphatic hydroxyl groups is 1.